The molecule has 0 N–H and O–H groups in total. The number of halogens is 2. The number of thiophene rings is 1. The minimum Gasteiger partial charge on any atom is -0.301 e. The van der Waals surface area contributed by atoms with Crippen molar-refractivity contribution in [2.45, 2.75) is 12.5 Å². The van der Waals surface area contributed by atoms with Crippen LogP contribution < -0.4 is 0 Å². The van der Waals surface area contributed by atoms with Gasteiger partial charge in [-0.3, -0.25) is 0 Å². The van der Waals surface area contributed by atoms with E-state index in [0.29, 0.717) is 5.92 Å². The van der Waals surface area contributed by atoms with Crippen LogP contribution in [-0.2, 0) is 6.54 Å². The average molecular weight is 359 g/mol. The molecule has 1 atom stereocenters. The summed E-state index contributed by atoms with van der Waals surface area (Å²) in [5.74, 6) is 0.515. The van der Waals surface area contributed by atoms with Crippen molar-refractivity contribution in [3.8, 4) is 0 Å². The zero-order chi connectivity index (χ0) is 13.7. The van der Waals surface area contributed by atoms with Crippen LogP contribution in [0.5, 0.6) is 0 Å². The lowest BCUT2D eigenvalue weighted by atomic mass is 10.0. The molecule has 1 heterocycles. The smallest absolute Gasteiger partial charge is 0.0931 e. The van der Waals surface area contributed by atoms with Crippen LogP contribution in [-0.4, -0.2) is 23.8 Å². The fourth-order valence-electron chi connectivity index (χ4n) is 2.11. The molecule has 1 nitrogen and oxygen atoms in total. The minimum atomic E-state index is 0.515. The summed E-state index contributed by atoms with van der Waals surface area (Å²) in [5, 5.41) is 0.979. The molecule has 102 valence electrons. The summed E-state index contributed by atoms with van der Waals surface area (Å²) in [6.45, 7) is 1.98. The molecule has 1 unspecified atom stereocenters. The van der Waals surface area contributed by atoms with Crippen molar-refractivity contribution in [2.24, 2.45) is 0 Å². The predicted molar refractivity (Wildman–Crippen MR) is 88.6 cm³/mol. The Morgan fingerprint density at radius 1 is 1.21 bits per heavy atom. The van der Waals surface area contributed by atoms with E-state index in [9.17, 15) is 0 Å². The first-order valence-corrected chi connectivity index (χ1v) is 8.54. The Kier molecular flexibility index (Phi) is 5.89. The Hall–Kier alpha value is -0.350. The molecule has 0 aliphatic heterocycles. The van der Waals surface area contributed by atoms with Crippen LogP contribution in [0.15, 0.2) is 42.5 Å². The van der Waals surface area contributed by atoms with Crippen LogP contribution in [0.4, 0.5) is 0 Å². The molecule has 0 saturated heterocycles. The van der Waals surface area contributed by atoms with Gasteiger partial charge in [0.05, 0.1) is 4.34 Å². The van der Waals surface area contributed by atoms with E-state index in [2.05, 4.69) is 64.3 Å². The summed E-state index contributed by atoms with van der Waals surface area (Å²) >= 11 is 11.2. The van der Waals surface area contributed by atoms with Crippen molar-refractivity contribution < 1.29 is 0 Å². The molecule has 1 aromatic carbocycles. The second-order valence-electron chi connectivity index (χ2n) is 4.66. The van der Waals surface area contributed by atoms with E-state index in [0.717, 1.165) is 22.8 Å². The van der Waals surface area contributed by atoms with E-state index in [1.54, 1.807) is 11.3 Å². The number of likely N-dealkylation sites (N-methyl/N-ethyl adjacent to an activating group) is 1. The van der Waals surface area contributed by atoms with Gasteiger partial charge in [0.25, 0.3) is 0 Å². The maximum absolute atomic E-state index is 5.97. The van der Waals surface area contributed by atoms with Crippen LogP contribution in [0.2, 0.25) is 4.34 Å². The fourth-order valence-corrected chi connectivity index (χ4v) is 3.86. The highest BCUT2D eigenvalue weighted by atomic mass is 79.9. The van der Waals surface area contributed by atoms with Crippen molar-refractivity contribution in [3.05, 3.63) is 57.2 Å². The molecule has 2 aromatic rings. The highest BCUT2D eigenvalue weighted by Gasteiger charge is 2.13. The van der Waals surface area contributed by atoms with Gasteiger partial charge in [0.2, 0.25) is 0 Å². The highest BCUT2D eigenvalue weighted by Crippen LogP contribution is 2.24. The fraction of sp³-hybridized carbons (Fsp3) is 0.333. The Labute approximate surface area is 132 Å². The van der Waals surface area contributed by atoms with Gasteiger partial charge in [-0.15, -0.1) is 11.3 Å². The molecule has 0 fully saturated rings. The van der Waals surface area contributed by atoms with E-state index in [-0.39, 0.29) is 0 Å². The Morgan fingerprint density at radius 3 is 2.53 bits per heavy atom. The lowest BCUT2D eigenvalue weighted by molar-refractivity contribution is 0.314. The zero-order valence-corrected chi connectivity index (χ0v) is 14.0. The molecule has 0 radical (unpaired) electrons. The lowest BCUT2D eigenvalue weighted by Crippen LogP contribution is -2.24. The van der Waals surface area contributed by atoms with Crippen molar-refractivity contribution in [2.75, 3.05) is 18.9 Å². The largest absolute Gasteiger partial charge is 0.301 e. The van der Waals surface area contributed by atoms with Crippen LogP contribution in [0, 0.1) is 0 Å². The van der Waals surface area contributed by atoms with Gasteiger partial charge in [-0.2, -0.15) is 0 Å². The van der Waals surface area contributed by atoms with Gasteiger partial charge < -0.3 is 4.90 Å². The Bertz CT molecular complexity index is 500. The molecule has 19 heavy (non-hydrogen) atoms. The Balaban J connectivity index is 1.95. The monoisotopic (exact) mass is 357 g/mol. The molecule has 1 aromatic heterocycles. The molecule has 0 saturated carbocycles. The van der Waals surface area contributed by atoms with Crippen LogP contribution >= 0.6 is 38.9 Å². The van der Waals surface area contributed by atoms with Crippen molar-refractivity contribution in [3.63, 3.8) is 0 Å². The van der Waals surface area contributed by atoms with E-state index < -0.39 is 0 Å². The maximum Gasteiger partial charge on any atom is 0.0931 e. The van der Waals surface area contributed by atoms with Gasteiger partial charge in [0, 0.05) is 29.2 Å². The number of benzene rings is 1. The first kappa shape index (κ1) is 15.0. The number of alkyl halides is 1. The third-order valence-electron chi connectivity index (χ3n) is 3.04. The summed E-state index contributed by atoms with van der Waals surface area (Å²) in [5.41, 5.74) is 1.38. The molecule has 2 rings (SSSR count). The number of hydrogen-bond acceptors (Lipinski definition) is 2. The van der Waals surface area contributed by atoms with Crippen LogP contribution in [0.1, 0.15) is 16.4 Å². The quantitative estimate of drug-likeness (QED) is 0.656. The summed E-state index contributed by atoms with van der Waals surface area (Å²) in [4.78, 5) is 3.66. The number of rotatable bonds is 6. The average Bonchev–Trinajstić information content (AvgIpc) is 2.82. The molecule has 4 heteroatoms. The topological polar surface area (TPSA) is 3.24 Å². The molecule has 0 aliphatic carbocycles. The zero-order valence-electron chi connectivity index (χ0n) is 10.9. The number of hydrogen-bond donors (Lipinski definition) is 0. The van der Waals surface area contributed by atoms with Crippen molar-refractivity contribution in [1.82, 2.24) is 4.90 Å². The third-order valence-corrected chi connectivity index (χ3v) is 5.04. The van der Waals surface area contributed by atoms with Gasteiger partial charge in [0.15, 0.2) is 0 Å². The minimum absolute atomic E-state index is 0.515. The normalized spacial score (nSPS) is 12.8. The van der Waals surface area contributed by atoms with Gasteiger partial charge in [-0.1, -0.05) is 57.9 Å². The van der Waals surface area contributed by atoms with Gasteiger partial charge in [-0.05, 0) is 24.7 Å². The molecule has 0 amide bonds. The molecular formula is C15H17BrClNS. The highest BCUT2D eigenvalue weighted by molar-refractivity contribution is 9.09. The maximum atomic E-state index is 5.97. The standard InChI is InChI=1S/C15H17BrClNS/c1-18(11-14-7-8-15(17)19-14)10-13(9-16)12-5-3-2-4-6-12/h2-8,13H,9-11H2,1H3. The first-order valence-electron chi connectivity index (χ1n) is 6.22. The summed E-state index contributed by atoms with van der Waals surface area (Å²) in [6, 6.07) is 14.7. The van der Waals surface area contributed by atoms with Gasteiger partial charge in [-0.25, -0.2) is 0 Å². The van der Waals surface area contributed by atoms with Crippen LogP contribution in [0.3, 0.4) is 0 Å². The van der Waals surface area contributed by atoms with E-state index in [1.165, 1.54) is 10.4 Å². The van der Waals surface area contributed by atoms with Crippen molar-refractivity contribution in [1.29, 1.82) is 0 Å². The van der Waals surface area contributed by atoms with Crippen molar-refractivity contribution >= 4 is 38.9 Å². The predicted octanol–water partition coefficient (Wildman–Crippen LogP) is 5.01. The number of nitrogens with zero attached hydrogens (tertiary/aromatic N) is 1. The van der Waals surface area contributed by atoms with E-state index in [1.807, 2.05) is 6.07 Å². The molecule has 0 aliphatic rings. The van der Waals surface area contributed by atoms with Gasteiger partial charge >= 0.3 is 0 Å². The molecule has 0 spiro atoms. The van der Waals surface area contributed by atoms with Crippen LogP contribution in [0.25, 0.3) is 0 Å². The van der Waals surface area contributed by atoms with Gasteiger partial charge in [0.1, 0.15) is 0 Å². The summed E-state index contributed by atoms with van der Waals surface area (Å²) in [7, 11) is 2.16. The SMILES string of the molecule is CN(Cc1ccc(Cl)s1)CC(CBr)c1ccccc1. The second-order valence-corrected chi connectivity index (χ2v) is 7.11. The summed E-state index contributed by atoms with van der Waals surface area (Å²) in [6.07, 6.45) is 0. The first-order chi connectivity index (χ1) is 9.19. The lowest BCUT2D eigenvalue weighted by Gasteiger charge is -2.22. The third kappa shape index (κ3) is 4.60. The van der Waals surface area contributed by atoms with E-state index >= 15 is 0 Å². The molecule has 0 bridgehead atoms. The second kappa shape index (κ2) is 7.44. The Morgan fingerprint density at radius 2 is 1.95 bits per heavy atom. The summed E-state index contributed by atoms with van der Waals surface area (Å²) < 4.78 is 0.864. The molecular weight excluding hydrogens is 342 g/mol. The van der Waals surface area contributed by atoms with E-state index in [4.69, 9.17) is 11.6 Å².